The summed E-state index contributed by atoms with van der Waals surface area (Å²) in [7, 11) is 0. The summed E-state index contributed by atoms with van der Waals surface area (Å²) in [4.78, 5) is 0. The topological polar surface area (TPSA) is 35.2 Å². The fourth-order valence-electron chi connectivity index (χ4n) is 2.31. The van der Waals surface area contributed by atoms with Gasteiger partial charge in [0, 0.05) is 10.5 Å². The molecule has 0 amide bonds. The van der Waals surface area contributed by atoms with Crippen LogP contribution < -0.4 is 10.5 Å². The maximum atomic E-state index is 5.93. The predicted octanol–water partition coefficient (Wildman–Crippen LogP) is 5.41. The van der Waals surface area contributed by atoms with Crippen LogP contribution in [0.5, 0.6) is 11.5 Å². The minimum absolute atomic E-state index is 0.00547. The molecule has 0 fully saturated rings. The molecule has 0 aromatic heterocycles. The van der Waals surface area contributed by atoms with E-state index in [9.17, 15) is 0 Å². The first-order valence-corrected chi connectivity index (χ1v) is 7.64. The number of ether oxygens (including phenoxy) is 1. The average Bonchev–Trinajstić information content (AvgIpc) is 2.47. The van der Waals surface area contributed by atoms with Crippen LogP contribution in [-0.2, 0) is 0 Å². The Balaban J connectivity index is 1.89. The standard InChI is InChI=1S/C18H16BrNO/c1-12(20)17-9-8-16(11-18(17)19)21-15-7-6-13-4-2-3-5-14(13)10-15/h2-12H,20H2,1H3. The molecule has 3 rings (SSSR count). The summed E-state index contributed by atoms with van der Waals surface area (Å²) in [6.45, 7) is 1.96. The fraction of sp³-hybridized carbons (Fsp3) is 0.111. The van der Waals surface area contributed by atoms with E-state index < -0.39 is 0 Å². The Kier molecular flexibility index (Phi) is 3.95. The second kappa shape index (κ2) is 5.88. The number of fused-ring (bicyclic) bond motifs is 1. The van der Waals surface area contributed by atoms with Gasteiger partial charge in [-0.25, -0.2) is 0 Å². The number of hydrogen-bond donors (Lipinski definition) is 1. The van der Waals surface area contributed by atoms with Crippen LogP contribution in [0.1, 0.15) is 18.5 Å². The highest BCUT2D eigenvalue weighted by molar-refractivity contribution is 9.10. The van der Waals surface area contributed by atoms with Crippen molar-refractivity contribution >= 4 is 26.7 Å². The SMILES string of the molecule is CC(N)c1ccc(Oc2ccc3ccccc3c2)cc1Br. The maximum absolute atomic E-state index is 5.93. The minimum atomic E-state index is -0.00547. The highest BCUT2D eigenvalue weighted by Gasteiger charge is 2.07. The van der Waals surface area contributed by atoms with Crippen LogP contribution in [0.2, 0.25) is 0 Å². The molecule has 3 aromatic carbocycles. The summed E-state index contributed by atoms with van der Waals surface area (Å²) >= 11 is 3.54. The van der Waals surface area contributed by atoms with Crippen molar-refractivity contribution in [2.24, 2.45) is 5.73 Å². The first-order chi connectivity index (χ1) is 10.1. The van der Waals surface area contributed by atoms with Crippen molar-refractivity contribution in [2.75, 3.05) is 0 Å². The van der Waals surface area contributed by atoms with Crippen molar-refractivity contribution in [1.82, 2.24) is 0 Å². The largest absolute Gasteiger partial charge is 0.457 e. The van der Waals surface area contributed by atoms with Crippen molar-refractivity contribution in [1.29, 1.82) is 0 Å². The Morgan fingerprint density at radius 2 is 1.57 bits per heavy atom. The third kappa shape index (κ3) is 3.09. The van der Waals surface area contributed by atoms with Gasteiger partial charge in [-0.2, -0.15) is 0 Å². The van der Waals surface area contributed by atoms with E-state index in [1.165, 1.54) is 10.8 Å². The molecule has 0 radical (unpaired) electrons. The van der Waals surface area contributed by atoms with E-state index in [0.29, 0.717) is 0 Å². The summed E-state index contributed by atoms with van der Waals surface area (Å²) < 4.78 is 6.90. The molecule has 21 heavy (non-hydrogen) atoms. The predicted molar refractivity (Wildman–Crippen MR) is 90.8 cm³/mol. The van der Waals surface area contributed by atoms with Gasteiger partial charge in [0.05, 0.1) is 0 Å². The zero-order chi connectivity index (χ0) is 14.8. The van der Waals surface area contributed by atoms with Crippen LogP contribution >= 0.6 is 15.9 Å². The third-order valence-electron chi connectivity index (χ3n) is 3.42. The number of nitrogens with two attached hydrogens (primary N) is 1. The van der Waals surface area contributed by atoms with Gasteiger partial charge in [-0.3, -0.25) is 0 Å². The average molecular weight is 342 g/mol. The van der Waals surface area contributed by atoms with E-state index in [1.807, 2.05) is 49.4 Å². The Morgan fingerprint density at radius 1 is 0.905 bits per heavy atom. The zero-order valence-corrected chi connectivity index (χ0v) is 13.3. The lowest BCUT2D eigenvalue weighted by molar-refractivity contribution is 0.482. The Morgan fingerprint density at radius 3 is 2.29 bits per heavy atom. The molecule has 0 bridgehead atoms. The van der Waals surface area contributed by atoms with Gasteiger partial charge >= 0.3 is 0 Å². The molecule has 2 nitrogen and oxygen atoms in total. The highest BCUT2D eigenvalue weighted by Crippen LogP contribution is 2.30. The molecule has 0 saturated carbocycles. The number of hydrogen-bond acceptors (Lipinski definition) is 2. The summed E-state index contributed by atoms with van der Waals surface area (Å²) in [5, 5.41) is 2.37. The summed E-state index contributed by atoms with van der Waals surface area (Å²) in [6, 6.07) is 20.2. The smallest absolute Gasteiger partial charge is 0.128 e. The molecule has 1 unspecified atom stereocenters. The van der Waals surface area contributed by atoms with Gasteiger partial charge in [-0.05, 0) is 47.5 Å². The van der Waals surface area contributed by atoms with Gasteiger partial charge < -0.3 is 10.5 Å². The second-order valence-corrected chi connectivity index (χ2v) is 5.94. The normalized spacial score (nSPS) is 12.3. The molecule has 2 N–H and O–H groups in total. The number of halogens is 1. The molecule has 1 atom stereocenters. The minimum Gasteiger partial charge on any atom is -0.457 e. The maximum Gasteiger partial charge on any atom is 0.128 e. The van der Waals surface area contributed by atoms with Crippen LogP contribution in [0.4, 0.5) is 0 Å². The van der Waals surface area contributed by atoms with Gasteiger partial charge in [0.2, 0.25) is 0 Å². The zero-order valence-electron chi connectivity index (χ0n) is 11.7. The first kappa shape index (κ1) is 14.1. The lowest BCUT2D eigenvalue weighted by Crippen LogP contribution is -2.05. The Bertz CT molecular complexity index is 783. The van der Waals surface area contributed by atoms with Crippen LogP contribution in [0.3, 0.4) is 0 Å². The number of rotatable bonds is 3. The molecule has 0 heterocycles. The van der Waals surface area contributed by atoms with Gasteiger partial charge in [0.25, 0.3) is 0 Å². The highest BCUT2D eigenvalue weighted by atomic mass is 79.9. The molecule has 0 aliphatic heterocycles. The molecule has 0 spiro atoms. The van der Waals surface area contributed by atoms with E-state index in [2.05, 4.69) is 34.1 Å². The molecule has 3 heteroatoms. The molecular weight excluding hydrogens is 326 g/mol. The van der Waals surface area contributed by atoms with Crippen LogP contribution in [0.25, 0.3) is 10.8 Å². The molecule has 106 valence electrons. The van der Waals surface area contributed by atoms with E-state index >= 15 is 0 Å². The van der Waals surface area contributed by atoms with Gasteiger partial charge in [0.15, 0.2) is 0 Å². The van der Waals surface area contributed by atoms with E-state index in [4.69, 9.17) is 10.5 Å². The van der Waals surface area contributed by atoms with Crippen molar-refractivity contribution in [3.63, 3.8) is 0 Å². The van der Waals surface area contributed by atoms with Crippen molar-refractivity contribution in [3.8, 4) is 11.5 Å². The van der Waals surface area contributed by atoms with Gasteiger partial charge in [-0.15, -0.1) is 0 Å². The number of benzene rings is 3. The summed E-state index contributed by atoms with van der Waals surface area (Å²) in [6.07, 6.45) is 0. The molecule has 3 aromatic rings. The van der Waals surface area contributed by atoms with Crippen molar-refractivity contribution in [2.45, 2.75) is 13.0 Å². The second-order valence-electron chi connectivity index (χ2n) is 5.08. The molecule has 0 aliphatic carbocycles. The molecule has 0 saturated heterocycles. The lowest BCUT2D eigenvalue weighted by Gasteiger charge is -2.11. The summed E-state index contributed by atoms with van der Waals surface area (Å²) in [5.41, 5.74) is 6.98. The van der Waals surface area contributed by atoms with Crippen molar-refractivity contribution < 1.29 is 4.74 Å². The molecular formula is C18H16BrNO. The van der Waals surface area contributed by atoms with Gasteiger partial charge in [-0.1, -0.05) is 52.3 Å². The first-order valence-electron chi connectivity index (χ1n) is 6.85. The Labute approximate surface area is 132 Å². The van der Waals surface area contributed by atoms with Crippen molar-refractivity contribution in [3.05, 3.63) is 70.7 Å². The van der Waals surface area contributed by atoms with Gasteiger partial charge in [0.1, 0.15) is 11.5 Å². The van der Waals surface area contributed by atoms with E-state index in [-0.39, 0.29) is 6.04 Å². The monoisotopic (exact) mass is 341 g/mol. The van der Waals surface area contributed by atoms with Crippen LogP contribution in [0, 0.1) is 0 Å². The van der Waals surface area contributed by atoms with E-state index in [1.54, 1.807) is 0 Å². The Hall–Kier alpha value is -1.84. The lowest BCUT2D eigenvalue weighted by atomic mass is 10.1. The summed E-state index contributed by atoms with van der Waals surface area (Å²) in [5.74, 6) is 1.62. The van der Waals surface area contributed by atoms with Crippen LogP contribution in [0.15, 0.2) is 65.1 Å². The van der Waals surface area contributed by atoms with Crippen LogP contribution in [-0.4, -0.2) is 0 Å². The quantitative estimate of drug-likeness (QED) is 0.690. The third-order valence-corrected chi connectivity index (χ3v) is 4.11. The molecule has 0 aliphatic rings. The van der Waals surface area contributed by atoms with E-state index in [0.717, 1.165) is 21.5 Å². The fourth-order valence-corrected chi connectivity index (χ4v) is 3.03.